The van der Waals surface area contributed by atoms with E-state index in [1.54, 1.807) is 12.0 Å². The van der Waals surface area contributed by atoms with Crippen molar-refractivity contribution in [2.75, 3.05) is 38.3 Å². The van der Waals surface area contributed by atoms with Crippen molar-refractivity contribution in [2.24, 2.45) is 5.92 Å². The first-order valence-electron chi connectivity index (χ1n) is 9.65. The average Bonchev–Trinajstić information content (AvgIpc) is 3.37. The summed E-state index contributed by atoms with van der Waals surface area (Å²) in [6.07, 6.45) is 2.84. The van der Waals surface area contributed by atoms with Gasteiger partial charge >= 0.3 is 0 Å². The summed E-state index contributed by atoms with van der Waals surface area (Å²) in [4.78, 5) is 29.4. The maximum atomic E-state index is 13.2. The van der Waals surface area contributed by atoms with E-state index >= 15 is 0 Å². The van der Waals surface area contributed by atoms with Gasteiger partial charge in [-0.3, -0.25) is 9.59 Å². The third kappa shape index (κ3) is 3.66. The van der Waals surface area contributed by atoms with E-state index in [1.165, 1.54) is 0 Å². The van der Waals surface area contributed by atoms with Gasteiger partial charge in [0.2, 0.25) is 11.8 Å². The van der Waals surface area contributed by atoms with E-state index in [-0.39, 0.29) is 36.5 Å². The second-order valence-corrected chi connectivity index (χ2v) is 7.31. The monoisotopic (exact) mass is 374 g/mol. The molecule has 1 aromatic carbocycles. The zero-order chi connectivity index (χ0) is 18.8. The van der Waals surface area contributed by atoms with Gasteiger partial charge < -0.3 is 24.0 Å². The largest absolute Gasteiger partial charge is 0.497 e. The molecule has 27 heavy (non-hydrogen) atoms. The van der Waals surface area contributed by atoms with Crippen LogP contribution in [0.4, 0.5) is 5.69 Å². The highest BCUT2D eigenvalue weighted by atomic mass is 16.7. The molecular formula is C20H26N2O5. The van der Waals surface area contributed by atoms with E-state index < -0.39 is 0 Å². The Morgan fingerprint density at radius 3 is 2.81 bits per heavy atom. The Labute approximate surface area is 159 Å². The minimum atomic E-state index is -0.333. The minimum absolute atomic E-state index is 0.0245. The number of hydrogen-bond acceptors (Lipinski definition) is 5. The summed E-state index contributed by atoms with van der Waals surface area (Å²) in [6, 6.07) is 7.35. The standard InChI is InChI=1S/C20H26N2O5/c1-25-16-6-4-5-15(12-16)22-13-14(11-18(22)23)19(24)21-8-3-2-7-17(21)20-26-9-10-27-20/h4-6,12,14,17,20H,2-3,7-11,13H2,1H3. The molecule has 7 heteroatoms. The second-order valence-electron chi connectivity index (χ2n) is 7.31. The number of piperidine rings is 1. The summed E-state index contributed by atoms with van der Waals surface area (Å²) in [5.74, 6) is 0.383. The van der Waals surface area contributed by atoms with Crippen molar-refractivity contribution in [3.8, 4) is 5.75 Å². The summed E-state index contributed by atoms with van der Waals surface area (Å²) in [6.45, 7) is 2.26. The first-order valence-corrected chi connectivity index (χ1v) is 9.65. The predicted octanol–water partition coefficient (Wildman–Crippen LogP) is 1.80. The highest BCUT2D eigenvalue weighted by molar-refractivity contribution is 6.00. The number of methoxy groups -OCH3 is 1. The molecule has 1 aromatic rings. The SMILES string of the molecule is COc1cccc(N2CC(C(=O)N3CCCCC3C3OCCO3)CC2=O)c1. The molecule has 2 unspecified atom stereocenters. The number of nitrogens with zero attached hydrogens (tertiary/aromatic N) is 2. The summed E-state index contributed by atoms with van der Waals surface area (Å²) in [5, 5.41) is 0. The number of rotatable bonds is 4. The van der Waals surface area contributed by atoms with E-state index in [0.29, 0.717) is 32.1 Å². The van der Waals surface area contributed by atoms with Crippen LogP contribution in [0.1, 0.15) is 25.7 Å². The lowest BCUT2D eigenvalue weighted by atomic mass is 9.98. The molecule has 0 spiro atoms. The Morgan fingerprint density at radius 2 is 2.04 bits per heavy atom. The van der Waals surface area contributed by atoms with Crippen LogP contribution >= 0.6 is 0 Å². The van der Waals surface area contributed by atoms with E-state index in [2.05, 4.69) is 0 Å². The molecule has 2 amide bonds. The zero-order valence-corrected chi connectivity index (χ0v) is 15.6. The Hall–Kier alpha value is -2.12. The fourth-order valence-electron chi connectivity index (χ4n) is 4.25. The maximum absolute atomic E-state index is 13.2. The van der Waals surface area contributed by atoms with Gasteiger partial charge in [0, 0.05) is 31.3 Å². The molecule has 0 aliphatic carbocycles. The van der Waals surface area contributed by atoms with Gasteiger partial charge in [0.15, 0.2) is 6.29 Å². The van der Waals surface area contributed by atoms with Gasteiger partial charge in [-0.2, -0.15) is 0 Å². The first kappa shape index (κ1) is 18.3. The van der Waals surface area contributed by atoms with Crippen LogP contribution in [-0.2, 0) is 19.1 Å². The van der Waals surface area contributed by atoms with E-state index in [0.717, 1.165) is 24.9 Å². The van der Waals surface area contributed by atoms with Crippen molar-refractivity contribution in [2.45, 2.75) is 38.0 Å². The van der Waals surface area contributed by atoms with Crippen LogP contribution in [0, 0.1) is 5.92 Å². The number of ether oxygens (including phenoxy) is 3. The number of carbonyl (C=O) groups is 2. The molecule has 3 saturated heterocycles. The van der Waals surface area contributed by atoms with Crippen LogP contribution in [0.25, 0.3) is 0 Å². The second kappa shape index (κ2) is 7.86. The lowest BCUT2D eigenvalue weighted by Gasteiger charge is -2.39. The van der Waals surface area contributed by atoms with E-state index in [1.807, 2.05) is 29.2 Å². The van der Waals surface area contributed by atoms with Crippen LogP contribution in [0.3, 0.4) is 0 Å². The molecule has 0 aromatic heterocycles. The van der Waals surface area contributed by atoms with Gasteiger partial charge in [0.1, 0.15) is 5.75 Å². The van der Waals surface area contributed by atoms with Crippen LogP contribution in [0.15, 0.2) is 24.3 Å². The molecule has 3 aliphatic rings. The molecule has 2 atom stereocenters. The van der Waals surface area contributed by atoms with Crippen molar-refractivity contribution in [3.63, 3.8) is 0 Å². The lowest BCUT2D eigenvalue weighted by molar-refractivity contribution is -0.154. The molecule has 0 saturated carbocycles. The first-order chi connectivity index (χ1) is 13.2. The molecular weight excluding hydrogens is 348 g/mol. The average molecular weight is 374 g/mol. The van der Waals surface area contributed by atoms with Crippen LogP contribution in [0.5, 0.6) is 5.75 Å². The summed E-state index contributed by atoms with van der Waals surface area (Å²) in [7, 11) is 1.60. The number of hydrogen-bond donors (Lipinski definition) is 0. The molecule has 0 bridgehead atoms. The highest BCUT2D eigenvalue weighted by Crippen LogP contribution is 2.31. The van der Waals surface area contributed by atoms with Gasteiger partial charge in [-0.1, -0.05) is 6.07 Å². The third-order valence-electron chi connectivity index (χ3n) is 5.63. The Bertz CT molecular complexity index is 703. The Kier molecular flexibility index (Phi) is 5.31. The van der Waals surface area contributed by atoms with Crippen molar-refractivity contribution < 1.29 is 23.8 Å². The normalized spacial score (nSPS) is 26.6. The molecule has 3 fully saturated rings. The molecule has 3 heterocycles. The number of carbonyl (C=O) groups excluding carboxylic acids is 2. The topological polar surface area (TPSA) is 68.3 Å². The van der Waals surface area contributed by atoms with E-state index in [9.17, 15) is 9.59 Å². The van der Waals surface area contributed by atoms with Crippen molar-refractivity contribution in [1.29, 1.82) is 0 Å². The van der Waals surface area contributed by atoms with Crippen molar-refractivity contribution >= 4 is 17.5 Å². The van der Waals surface area contributed by atoms with Crippen LogP contribution in [-0.4, -0.2) is 62.5 Å². The fraction of sp³-hybridized carbons (Fsp3) is 0.600. The molecule has 0 N–H and O–H groups in total. The fourth-order valence-corrected chi connectivity index (χ4v) is 4.25. The lowest BCUT2D eigenvalue weighted by Crippen LogP contribution is -2.52. The smallest absolute Gasteiger partial charge is 0.228 e. The predicted molar refractivity (Wildman–Crippen MR) is 98.5 cm³/mol. The van der Waals surface area contributed by atoms with Gasteiger partial charge in [0.05, 0.1) is 32.3 Å². The van der Waals surface area contributed by atoms with Gasteiger partial charge in [0.25, 0.3) is 0 Å². The molecule has 3 aliphatic heterocycles. The zero-order valence-electron chi connectivity index (χ0n) is 15.6. The van der Waals surface area contributed by atoms with Crippen molar-refractivity contribution in [1.82, 2.24) is 4.90 Å². The van der Waals surface area contributed by atoms with Gasteiger partial charge in [-0.05, 0) is 31.4 Å². The third-order valence-corrected chi connectivity index (χ3v) is 5.63. The van der Waals surface area contributed by atoms with Crippen LogP contribution < -0.4 is 9.64 Å². The van der Waals surface area contributed by atoms with Gasteiger partial charge in [-0.25, -0.2) is 0 Å². The molecule has 146 valence electrons. The Morgan fingerprint density at radius 1 is 1.22 bits per heavy atom. The number of amides is 2. The van der Waals surface area contributed by atoms with Crippen LogP contribution in [0.2, 0.25) is 0 Å². The highest BCUT2D eigenvalue weighted by Gasteiger charge is 2.42. The molecule has 4 rings (SSSR count). The van der Waals surface area contributed by atoms with E-state index in [4.69, 9.17) is 14.2 Å². The number of anilines is 1. The quantitative estimate of drug-likeness (QED) is 0.804. The van der Waals surface area contributed by atoms with Crippen molar-refractivity contribution in [3.05, 3.63) is 24.3 Å². The number of likely N-dealkylation sites (tertiary alicyclic amines) is 1. The maximum Gasteiger partial charge on any atom is 0.228 e. The molecule has 7 nitrogen and oxygen atoms in total. The summed E-state index contributed by atoms with van der Waals surface area (Å²) >= 11 is 0. The summed E-state index contributed by atoms with van der Waals surface area (Å²) < 4.78 is 16.6. The van der Waals surface area contributed by atoms with Gasteiger partial charge in [-0.15, -0.1) is 0 Å². The molecule has 0 radical (unpaired) electrons. The minimum Gasteiger partial charge on any atom is -0.497 e. The Balaban J connectivity index is 1.48. The summed E-state index contributed by atoms with van der Waals surface area (Å²) in [5.41, 5.74) is 0.771. The number of benzene rings is 1.